The lowest BCUT2D eigenvalue weighted by molar-refractivity contribution is -0.117. The van der Waals surface area contributed by atoms with E-state index in [1.54, 1.807) is 54.6 Å². The van der Waals surface area contributed by atoms with E-state index in [9.17, 15) is 14.4 Å². The Labute approximate surface area is 263 Å². The fourth-order valence-electron chi connectivity index (χ4n) is 3.69. The predicted molar refractivity (Wildman–Crippen MR) is 171 cm³/mol. The Hall–Kier alpha value is -4.63. The third kappa shape index (κ3) is 8.68. The fourth-order valence-corrected chi connectivity index (χ4v) is 4.40. The smallest absolute Gasteiger partial charge is 0.345 e. The van der Waals surface area contributed by atoms with E-state index in [0.717, 1.165) is 5.69 Å². The van der Waals surface area contributed by atoms with Crippen molar-refractivity contribution in [2.24, 2.45) is 5.10 Å². The van der Waals surface area contributed by atoms with Crippen molar-refractivity contribution in [3.63, 3.8) is 0 Å². The highest BCUT2D eigenvalue weighted by molar-refractivity contribution is 6.36. The summed E-state index contributed by atoms with van der Waals surface area (Å²) in [5.74, 6) is -1.56. The van der Waals surface area contributed by atoms with Crippen LogP contribution in [0, 0.1) is 0 Å². The highest BCUT2D eigenvalue weighted by atomic mass is 35.5. The van der Waals surface area contributed by atoms with Crippen LogP contribution < -0.4 is 20.4 Å². The molecule has 0 bridgehead atoms. The quantitative estimate of drug-likeness (QED) is 0.0689. The molecule has 0 aromatic heterocycles. The van der Waals surface area contributed by atoms with E-state index in [1.807, 2.05) is 43.3 Å². The summed E-state index contributed by atoms with van der Waals surface area (Å²) in [5, 5.41) is 7.47. The number of ether oxygens (including phenoxy) is 1. The van der Waals surface area contributed by atoms with Gasteiger partial charge in [0.2, 0.25) is 0 Å². The number of hydrazone groups is 1. The largest absolute Gasteiger partial charge is 0.423 e. The Morgan fingerprint density at radius 2 is 1.47 bits per heavy atom. The summed E-state index contributed by atoms with van der Waals surface area (Å²) in [6.07, 6.45) is 2.94. The van der Waals surface area contributed by atoms with Crippen molar-refractivity contribution in [1.29, 1.82) is 0 Å². The van der Waals surface area contributed by atoms with Gasteiger partial charge in [-0.1, -0.05) is 59.1 Å². The summed E-state index contributed by atoms with van der Waals surface area (Å²) in [7, 11) is 3.84. The first-order valence-electron chi connectivity index (χ1n) is 12.8. The molecule has 43 heavy (non-hydrogen) atoms. The van der Waals surface area contributed by atoms with Crippen LogP contribution in [0.4, 0.5) is 5.69 Å². The summed E-state index contributed by atoms with van der Waals surface area (Å²) < 4.78 is 5.37. The van der Waals surface area contributed by atoms with Gasteiger partial charge in [-0.15, -0.1) is 0 Å². The standard InChI is InChI=1S/C32H25Cl3N4O4/c1-39(2)23-12-7-20(8-13-23)17-29(37-30(40)25-5-3-4-6-27(25)34)31(41)38-36-19-21-9-14-24(15-10-21)43-32(42)26-16-11-22(33)18-28(26)35/h3-19H,1-2H3,(H,37,40)(H,38,41)/b29-17+,36-19-. The summed E-state index contributed by atoms with van der Waals surface area (Å²) >= 11 is 18.1. The molecule has 218 valence electrons. The molecule has 4 rings (SSSR count). The molecule has 2 amide bonds. The van der Waals surface area contributed by atoms with Crippen LogP contribution in [-0.2, 0) is 4.79 Å². The number of rotatable bonds is 9. The molecule has 0 saturated heterocycles. The molecule has 0 saturated carbocycles. The van der Waals surface area contributed by atoms with E-state index in [2.05, 4.69) is 15.8 Å². The lowest BCUT2D eigenvalue weighted by Gasteiger charge is -2.13. The highest BCUT2D eigenvalue weighted by Crippen LogP contribution is 2.23. The normalized spacial score (nSPS) is 11.2. The second-order valence-corrected chi connectivity index (χ2v) is 10.5. The van der Waals surface area contributed by atoms with Crippen molar-refractivity contribution in [1.82, 2.24) is 10.7 Å². The van der Waals surface area contributed by atoms with Crippen molar-refractivity contribution in [2.45, 2.75) is 0 Å². The monoisotopic (exact) mass is 634 g/mol. The van der Waals surface area contributed by atoms with E-state index in [-0.39, 0.29) is 32.6 Å². The van der Waals surface area contributed by atoms with Crippen LogP contribution in [0.3, 0.4) is 0 Å². The molecule has 0 atom stereocenters. The average molecular weight is 636 g/mol. The zero-order chi connectivity index (χ0) is 30.9. The average Bonchev–Trinajstić information content (AvgIpc) is 2.98. The van der Waals surface area contributed by atoms with Gasteiger partial charge in [0.05, 0.1) is 27.4 Å². The number of carbonyl (C=O) groups excluding carboxylic acids is 3. The molecule has 0 unspecified atom stereocenters. The number of esters is 1. The van der Waals surface area contributed by atoms with E-state index >= 15 is 0 Å². The van der Waals surface area contributed by atoms with Crippen LogP contribution in [0.25, 0.3) is 6.08 Å². The number of halogens is 3. The van der Waals surface area contributed by atoms with Crippen molar-refractivity contribution >= 4 is 70.6 Å². The van der Waals surface area contributed by atoms with Gasteiger partial charge in [0.15, 0.2) is 0 Å². The predicted octanol–water partition coefficient (Wildman–Crippen LogP) is 6.85. The van der Waals surface area contributed by atoms with Gasteiger partial charge in [0.1, 0.15) is 11.4 Å². The molecule has 0 aliphatic carbocycles. The van der Waals surface area contributed by atoms with Crippen molar-refractivity contribution < 1.29 is 19.1 Å². The maximum atomic E-state index is 13.1. The molecule has 0 aliphatic rings. The number of carbonyl (C=O) groups is 3. The summed E-state index contributed by atoms with van der Waals surface area (Å²) in [6.45, 7) is 0. The number of amides is 2. The molecule has 0 fully saturated rings. The molecule has 0 radical (unpaired) electrons. The third-order valence-corrected chi connectivity index (χ3v) is 6.83. The molecule has 4 aromatic carbocycles. The molecule has 8 nitrogen and oxygen atoms in total. The van der Waals surface area contributed by atoms with Gasteiger partial charge in [-0.3, -0.25) is 9.59 Å². The van der Waals surface area contributed by atoms with E-state index < -0.39 is 17.8 Å². The minimum atomic E-state index is -0.654. The van der Waals surface area contributed by atoms with Crippen LogP contribution in [0.1, 0.15) is 31.8 Å². The molecule has 0 aliphatic heterocycles. The first-order chi connectivity index (χ1) is 20.6. The SMILES string of the molecule is CN(C)c1ccc(/C=C(/NC(=O)c2ccccc2Cl)C(=O)N/N=C\c2ccc(OC(=O)c3ccc(Cl)cc3Cl)cc2)cc1. The number of nitrogens with one attached hydrogen (secondary N) is 2. The van der Waals surface area contributed by atoms with Gasteiger partial charge in [0, 0.05) is 24.8 Å². The van der Waals surface area contributed by atoms with Crippen LogP contribution >= 0.6 is 34.8 Å². The van der Waals surface area contributed by atoms with Crippen LogP contribution in [0.5, 0.6) is 5.75 Å². The molecule has 4 aromatic rings. The third-order valence-electron chi connectivity index (χ3n) is 5.95. The maximum Gasteiger partial charge on any atom is 0.345 e. The first-order valence-corrected chi connectivity index (χ1v) is 13.9. The Kier molecular flexibility index (Phi) is 10.6. The zero-order valence-electron chi connectivity index (χ0n) is 23.0. The van der Waals surface area contributed by atoms with E-state index in [1.165, 1.54) is 24.4 Å². The van der Waals surface area contributed by atoms with Gasteiger partial charge < -0.3 is 15.0 Å². The first kappa shape index (κ1) is 31.3. The van der Waals surface area contributed by atoms with E-state index in [0.29, 0.717) is 16.1 Å². The molecular formula is C32H25Cl3N4O4. The van der Waals surface area contributed by atoms with E-state index in [4.69, 9.17) is 39.5 Å². The lowest BCUT2D eigenvalue weighted by atomic mass is 10.1. The van der Waals surface area contributed by atoms with Crippen LogP contribution in [0.2, 0.25) is 15.1 Å². The molecule has 0 spiro atoms. The minimum Gasteiger partial charge on any atom is -0.423 e. The zero-order valence-corrected chi connectivity index (χ0v) is 25.2. The van der Waals surface area contributed by atoms with Gasteiger partial charge in [0.25, 0.3) is 11.8 Å². The number of nitrogens with zero attached hydrogens (tertiary/aromatic N) is 2. The maximum absolute atomic E-state index is 13.1. The molecular weight excluding hydrogens is 611 g/mol. The molecule has 11 heteroatoms. The number of hydrogen-bond acceptors (Lipinski definition) is 6. The Morgan fingerprint density at radius 3 is 2.12 bits per heavy atom. The Bertz CT molecular complexity index is 1700. The summed E-state index contributed by atoms with van der Waals surface area (Å²) in [5.41, 5.74) is 5.05. The van der Waals surface area contributed by atoms with Crippen LogP contribution in [-0.4, -0.2) is 38.1 Å². The van der Waals surface area contributed by atoms with Gasteiger partial charge in [-0.2, -0.15) is 5.10 Å². The molecule has 2 N–H and O–H groups in total. The van der Waals surface area contributed by atoms with Gasteiger partial charge in [-0.05, 0) is 83.9 Å². The Morgan fingerprint density at radius 1 is 0.791 bits per heavy atom. The second kappa shape index (κ2) is 14.5. The second-order valence-electron chi connectivity index (χ2n) is 9.26. The van der Waals surface area contributed by atoms with Gasteiger partial charge in [-0.25, -0.2) is 10.2 Å². The number of hydrogen-bond donors (Lipinski definition) is 2. The summed E-state index contributed by atoms with van der Waals surface area (Å²) in [6, 6.07) is 24.8. The van der Waals surface area contributed by atoms with Crippen molar-refractivity contribution in [3.05, 3.63) is 134 Å². The number of benzene rings is 4. The fraction of sp³-hybridized carbons (Fsp3) is 0.0625. The highest BCUT2D eigenvalue weighted by Gasteiger charge is 2.17. The summed E-state index contributed by atoms with van der Waals surface area (Å²) in [4.78, 5) is 40.4. The van der Waals surface area contributed by atoms with Gasteiger partial charge >= 0.3 is 5.97 Å². The van der Waals surface area contributed by atoms with Crippen molar-refractivity contribution in [3.8, 4) is 5.75 Å². The van der Waals surface area contributed by atoms with Crippen molar-refractivity contribution in [2.75, 3.05) is 19.0 Å². The topological polar surface area (TPSA) is 100 Å². The molecule has 0 heterocycles. The lowest BCUT2D eigenvalue weighted by Crippen LogP contribution is -2.33. The Balaban J connectivity index is 1.45. The minimum absolute atomic E-state index is 0.0391. The van der Waals surface area contributed by atoms with Crippen LogP contribution in [0.15, 0.2) is 102 Å². The number of anilines is 1.